The summed E-state index contributed by atoms with van der Waals surface area (Å²) in [6.07, 6.45) is 17.0. The van der Waals surface area contributed by atoms with Crippen molar-refractivity contribution in [2.45, 2.75) is 90.9 Å². The van der Waals surface area contributed by atoms with Gasteiger partial charge in [-0.25, -0.2) is 4.79 Å². The largest absolute Gasteiger partial charge is 0.463 e. The highest BCUT2D eigenvalue weighted by atomic mass is 16.5. The first-order chi connectivity index (χ1) is 10.2. The molecule has 0 fully saturated rings. The molecular formula is C19H36O2. The lowest BCUT2D eigenvalue weighted by Gasteiger charge is -2.16. The van der Waals surface area contributed by atoms with Crippen molar-refractivity contribution >= 4 is 5.97 Å². The average Bonchev–Trinajstić information content (AvgIpc) is 2.51. The van der Waals surface area contributed by atoms with Gasteiger partial charge in [0.15, 0.2) is 0 Å². The number of hydrogen-bond donors (Lipinski definition) is 0. The van der Waals surface area contributed by atoms with E-state index in [4.69, 9.17) is 4.74 Å². The molecule has 0 aliphatic carbocycles. The lowest BCUT2D eigenvalue weighted by atomic mass is 9.91. The van der Waals surface area contributed by atoms with E-state index in [1.807, 2.05) is 0 Å². The van der Waals surface area contributed by atoms with Crippen LogP contribution in [0, 0.1) is 5.92 Å². The minimum atomic E-state index is -0.295. The second kappa shape index (κ2) is 15.6. The Morgan fingerprint density at radius 3 is 2.14 bits per heavy atom. The molecular weight excluding hydrogens is 260 g/mol. The first-order valence-corrected chi connectivity index (χ1v) is 9.03. The van der Waals surface area contributed by atoms with Gasteiger partial charge in [0.25, 0.3) is 0 Å². The van der Waals surface area contributed by atoms with Crippen LogP contribution in [0.5, 0.6) is 0 Å². The molecule has 0 saturated carbocycles. The van der Waals surface area contributed by atoms with Crippen LogP contribution in [0.2, 0.25) is 0 Å². The normalized spacial score (nSPS) is 12.1. The summed E-state index contributed by atoms with van der Waals surface area (Å²) in [7, 11) is 0. The van der Waals surface area contributed by atoms with Gasteiger partial charge < -0.3 is 4.74 Å². The second-order valence-corrected chi connectivity index (χ2v) is 6.08. The molecule has 0 N–H and O–H groups in total. The third-order valence-corrected chi connectivity index (χ3v) is 4.10. The minimum absolute atomic E-state index is 0.295. The predicted octanol–water partition coefficient (Wildman–Crippen LogP) is 6.05. The van der Waals surface area contributed by atoms with Crippen molar-refractivity contribution in [3.05, 3.63) is 12.7 Å². The summed E-state index contributed by atoms with van der Waals surface area (Å²) in [4.78, 5) is 11.0. The van der Waals surface area contributed by atoms with E-state index in [2.05, 4.69) is 20.4 Å². The number of unbranched alkanes of at least 4 members (excludes halogenated alkanes) is 6. The van der Waals surface area contributed by atoms with Crippen molar-refractivity contribution in [1.82, 2.24) is 0 Å². The highest BCUT2D eigenvalue weighted by molar-refractivity contribution is 5.81. The van der Waals surface area contributed by atoms with Crippen LogP contribution in [-0.4, -0.2) is 12.6 Å². The van der Waals surface area contributed by atoms with Gasteiger partial charge in [-0.2, -0.15) is 0 Å². The number of carbonyl (C=O) groups excluding carboxylic acids is 1. The standard InChI is InChI=1S/C19H36O2/c1-4-7-9-10-11-12-15-18(14-8-5-2)16-13-17-21-19(20)6-3/h6,18H,3-5,7-17H2,1-2H3. The lowest BCUT2D eigenvalue weighted by molar-refractivity contribution is -0.137. The zero-order valence-corrected chi connectivity index (χ0v) is 14.4. The van der Waals surface area contributed by atoms with Crippen molar-refractivity contribution in [1.29, 1.82) is 0 Å². The number of carbonyl (C=O) groups is 1. The first-order valence-electron chi connectivity index (χ1n) is 9.03. The monoisotopic (exact) mass is 296 g/mol. The Bertz CT molecular complexity index is 248. The Balaban J connectivity index is 3.70. The van der Waals surface area contributed by atoms with Crippen LogP contribution in [0.4, 0.5) is 0 Å². The van der Waals surface area contributed by atoms with E-state index < -0.39 is 0 Å². The maximum Gasteiger partial charge on any atom is 0.330 e. The average molecular weight is 296 g/mol. The SMILES string of the molecule is C=CC(=O)OCCCC(CCCC)CCCCCCCC. The Morgan fingerprint density at radius 1 is 0.905 bits per heavy atom. The summed E-state index contributed by atoms with van der Waals surface area (Å²) in [6, 6.07) is 0. The highest BCUT2D eigenvalue weighted by Gasteiger charge is 2.08. The smallest absolute Gasteiger partial charge is 0.330 e. The van der Waals surface area contributed by atoms with Crippen molar-refractivity contribution < 1.29 is 9.53 Å². The third-order valence-electron chi connectivity index (χ3n) is 4.10. The maximum atomic E-state index is 11.0. The molecule has 0 bridgehead atoms. The van der Waals surface area contributed by atoms with Crippen molar-refractivity contribution in [3.8, 4) is 0 Å². The fourth-order valence-corrected chi connectivity index (χ4v) is 2.74. The molecule has 124 valence electrons. The highest BCUT2D eigenvalue weighted by Crippen LogP contribution is 2.22. The lowest BCUT2D eigenvalue weighted by Crippen LogP contribution is -2.06. The molecule has 2 heteroatoms. The number of esters is 1. The van der Waals surface area contributed by atoms with Crippen LogP contribution in [0.15, 0.2) is 12.7 Å². The molecule has 1 atom stereocenters. The summed E-state index contributed by atoms with van der Waals surface area (Å²) in [5, 5.41) is 0. The topological polar surface area (TPSA) is 26.3 Å². The van der Waals surface area contributed by atoms with Gasteiger partial charge in [0, 0.05) is 6.08 Å². The van der Waals surface area contributed by atoms with Gasteiger partial charge >= 0.3 is 5.97 Å². The van der Waals surface area contributed by atoms with Gasteiger partial charge in [0.05, 0.1) is 6.61 Å². The summed E-state index contributed by atoms with van der Waals surface area (Å²) in [5.74, 6) is 0.523. The fraction of sp³-hybridized carbons (Fsp3) is 0.842. The van der Waals surface area contributed by atoms with E-state index in [1.165, 1.54) is 76.7 Å². The van der Waals surface area contributed by atoms with E-state index in [9.17, 15) is 4.79 Å². The summed E-state index contributed by atoms with van der Waals surface area (Å²) < 4.78 is 5.06. The van der Waals surface area contributed by atoms with Gasteiger partial charge in [-0.05, 0) is 18.8 Å². The fourth-order valence-electron chi connectivity index (χ4n) is 2.74. The Morgan fingerprint density at radius 2 is 1.48 bits per heavy atom. The van der Waals surface area contributed by atoms with Gasteiger partial charge in [-0.3, -0.25) is 0 Å². The van der Waals surface area contributed by atoms with E-state index >= 15 is 0 Å². The van der Waals surface area contributed by atoms with Crippen molar-refractivity contribution in [2.75, 3.05) is 6.61 Å². The zero-order valence-electron chi connectivity index (χ0n) is 14.4. The van der Waals surface area contributed by atoms with Crippen LogP contribution in [0.25, 0.3) is 0 Å². The van der Waals surface area contributed by atoms with Gasteiger partial charge in [-0.15, -0.1) is 0 Å². The van der Waals surface area contributed by atoms with E-state index in [1.54, 1.807) is 0 Å². The molecule has 0 aliphatic heterocycles. The Kier molecular flexibility index (Phi) is 15.0. The van der Waals surface area contributed by atoms with Crippen LogP contribution in [0.3, 0.4) is 0 Å². The quantitative estimate of drug-likeness (QED) is 0.209. The Hall–Kier alpha value is -0.790. The molecule has 0 rings (SSSR count). The van der Waals surface area contributed by atoms with Gasteiger partial charge in [-0.1, -0.05) is 84.6 Å². The Labute approximate surface area is 132 Å². The predicted molar refractivity (Wildman–Crippen MR) is 91.4 cm³/mol. The number of hydrogen-bond acceptors (Lipinski definition) is 2. The molecule has 0 aliphatic rings. The van der Waals surface area contributed by atoms with Crippen LogP contribution in [0.1, 0.15) is 90.9 Å². The molecule has 0 heterocycles. The molecule has 21 heavy (non-hydrogen) atoms. The molecule has 0 aromatic rings. The van der Waals surface area contributed by atoms with Crippen LogP contribution in [-0.2, 0) is 9.53 Å². The third kappa shape index (κ3) is 13.9. The number of ether oxygens (including phenoxy) is 1. The van der Waals surface area contributed by atoms with Gasteiger partial charge in [0.1, 0.15) is 0 Å². The zero-order chi connectivity index (χ0) is 15.8. The first kappa shape index (κ1) is 20.2. The second-order valence-electron chi connectivity index (χ2n) is 6.08. The van der Waals surface area contributed by atoms with E-state index in [0.717, 1.165) is 12.3 Å². The summed E-state index contributed by atoms with van der Waals surface area (Å²) in [6.45, 7) is 8.48. The molecule has 0 aromatic heterocycles. The van der Waals surface area contributed by atoms with Crippen LogP contribution >= 0.6 is 0 Å². The van der Waals surface area contributed by atoms with Gasteiger partial charge in [0.2, 0.25) is 0 Å². The van der Waals surface area contributed by atoms with E-state index in [0.29, 0.717) is 6.61 Å². The van der Waals surface area contributed by atoms with E-state index in [-0.39, 0.29) is 5.97 Å². The molecule has 0 saturated heterocycles. The number of rotatable bonds is 15. The molecule has 0 amide bonds. The molecule has 0 spiro atoms. The maximum absolute atomic E-state index is 11.0. The molecule has 2 nitrogen and oxygen atoms in total. The molecule has 0 aromatic carbocycles. The van der Waals surface area contributed by atoms with Crippen LogP contribution < -0.4 is 0 Å². The van der Waals surface area contributed by atoms with Crippen molar-refractivity contribution in [3.63, 3.8) is 0 Å². The minimum Gasteiger partial charge on any atom is -0.463 e. The van der Waals surface area contributed by atoms with Crippen molar-refractivity contribution in [2.24, 2.45) is 5.92 Å². The molecule has 0 radical (unpaired) electrons. The molecule has 1 unspecified atom stereocenters. The summed E-state index contributed by atoms with van der Waals surface area (Å²) >= 11 is 0. The summed E-state index contributed by atoms with van der Waals surface area (Å²) in [5.41, 5.74) is 0.